The number of carbonyl (C=O) groups excluding carboxylic acids is 1. The summed E-state index contributed by atoms with van der Waals surface area (Å²) < 4.78 is 4.69. The first-order valence-corrected chi connectivity index (χ1v) is 6.54. The Hall–Kier alpha value is -1.53. The average molecular weight is 318 g/mol. The number of esters is 1. The molecule has 0 fully saturated rings. The zero-order chi connectivity index (χ0) is 14.9. The van der Waals surface area contributed by atoms with Gasteiger partial charge in [0.15, 0.2) is 11.8 Å². The van der Waals surface area contributed by atoms with Crippen LogP contribution in [0, 0.1) is 0 Å². The molecule has 1 aromatic rings. The molecule has 0 radical (unpaired) electrons. The lowest BCUT2D eigenvalue weighted by molar-refractivity contribution is 0.0589. The normalized spacial score (nSPS) is 17.4. The lowest BCUT2D eigenvalue weighted by Crippen LogP contribution is -2.16. The lowest BCUT2D eigenvalue weighted by atomic mass is 10.1. The highest BCUT2D eigenvalue weighted by molar-refractivity contribution is 6.65. The monoisotopic (exact) mass is 317 g/mol. The summed E-state index contributed by atoms with van der Waals surface area (Å²) in [6.45, 7) is 0. The van der Waals surface area contributed by atoms with Crippen molar-refractivity contribution in [1.82, 2.24) is 4.98 Å². The number of nitrogens with zero attached hydrogens (tertiary/aromatic N) is 3. The minimum atomic E-state index is -0.607. The van der Waals surface area contributed by atoms with Crippen LogP contribution in [0.15, 0.2) is 11.2 Å². The Morgan fingerprint density at radius 2 is 2.20 bits per heavy atom. The molecule has 0 saturated heterocycles. The molecule has 1 aliphatic rings. The van der Waals surface area contributed by atoms with Gasteiger partial charge in [-0.3, -0.25) is 0 Å². The van der Waals surface area contributed by atoms with Crippen molar-refractivity contribution in [2.24, 2.45) is 5.16 Å². The summed E-state index contributed by atoms with van der Waals surface area (Å²) >= 11 is 12.0. The van der Waals surface area contributed by atoms with Crippen LogP contribution in [0.3, 0.4) is 0 Å². The molecule has 0 aliphatic carbocycles. The molecule has 0 aromatic carbocycles. The number of ether oxygens (including phenoxy) is 1. The number of aromatic nitrogens is 1. The number of carbonyl (C=O) groups is 1. The Morgan fingerprint density at radius 1 is 1.50 bits per heavy atom. The second kappa shape index (κ2) is 5.85. The summed E-state index contributed by atoms with van der Waals surface area (Å²) in [5.41, 5.74) is 1.21. The van der Waals surface area contributed by atoms with Crippen LogP contribution in [0.25, 0.3) is 0 Å². The highest BCUT2D eigenvalue weighted by atomic mass is 35.5. The number of hydrogen-bond donors (Lipinski definition) is 0. The number of hydrogen-bond acceptors (Lipinski definition) is 6. The first-order valence-electron chi connectivity index (χ1n) is 5.78. The van der Waals surface area contributed by atoms with E-state index in [2.05, 4.69) is 10.1 Å². The zero-order valence-electron chi connectivity index (χ0n) is 11.2. The fraction of sp³-hybridized carbons (Fsp3) is 0.417. The van der Waals surface area contributed by atoms with Crippen LogP contribution >= 0.6 is 23.2 Å². The van der Waals surface area contributed by atoms with Gasteiger partial charge in [0.25, 0.3) is 0 Å². The highest BCUT2D eigenvalue weighted by Crippen LogP contribution is 2.34. The Labute approximate surface area is 126 Å². The standard InChI is InChI=1S/C12H13Cl2N3O3/c1-17(2)7-4-6(8-5-9(13)16-20-8)15-11(10(7)14)12(18)19-3/h4,8H,5H2,1-3H3. The van der Waals surface area contributed by atoms with Gasteiger partial charge in [-0.05, 0) is 6.07 Å². The number of oxime groups is 1. The van der Waals surface area contributed by atoms with E-state index in [9.17, 15) is 4.79 Å². The highest BCUT2D eigenvalue weighted by Gasteiger charge is 2.27. The molecule has 1 aliphatic heterocycles. The van der Waals surface area contributed by atoms with Crippen molar-refractivity contribution >= 4 is 40.0 Å². The van der Waals surface area contributed by atoms with Crippen molar-refractivity contribution in [3.8, 4) is 0 Å². The largest absolute Gasteiger partial charge is 0.464 e. The van der Waals surface area contributed by atoms with Crippen LogP contribution in [-0.2, 0) is 9.57 Å². The minimum Gasteiger partial charge on any atom is -0.464 e. The molecule has 1 unspecified atom stereocenters. The van der Waals surface area contributed by atoms with E-state index in [0.717, 1.165) is 0 Å². The third-order valence-corrected chi connectivity index (χ3v) is 3.38. The predicted octanol–water partition coefficient (Wildman–Crippen LogP) is 2.60. The SMILES string of the molecule is COC(=O)c1nc(C2CC(Cl)=NO2)cc(N(C)C)c1Cl. The number of pyridine rings is 1. The molecule has 1 atom stereocenters. The minimum absolute atomic E-state index is 0.0435. The van der Waals surface area contributed by atoms with Crippen molar-refractivity contribution in [3.63, 3.8) is 0 Å². The predicted molar refractivity (Wildman–Crippen MR) is 76.6 cm³/mol. The molecule has 0 amide bonds. The van der Waals surface area contributed by atoms with Gasteiger partial charge in [-0.2, -0.15) is 0 Å². The summed E-state index contributed by atoms with van der Waals surface area (Å²) in [5, 5.41) is 4.26. The van der Waals surface area contributed by atoms with E-state index in [1.54, 1.807) is 11.0 Å². The Kier molecular flexibility index (Phi) is 4.35. The summed E-state index contributed by atoms with van der Waals surface area (Å²) in [5.74, 6) is -0.607. The van der Waals surface area contributed by atoms with Crippen LogP contribution in [-0.4, -0.2) is 37.3 Å². The van der Waals surface area contributed by atoms with Crippen LogP contribution < -0.4 is 4.90 Å². The third-order valence-electron chi connectivity index (χ3n) is 2.78. The van der Waals surface area contributed by atoms with Gasteiger partial charge in [0, 0.05) is 20.5 Å². The Balaban J connectivity index is 2.48. The van der Waals surface area contributed by atoms with Crippen molar-refractivity contribution in [2.75, 3.05) is 26.1 Å². The molecular weight excluding hydrogens is 305 g/mol. The summed E-state index contributed by atoms with van der Waals surface area (Å²) in [6, 6.07) is 1.74. The van der Waals surface area contributed by atoms with Crippen LogP contribution in [0.4, 0.5) is 5.69 Å². The summed E-state index contributed by atoms with van der Waals surface area (Å²) in [6.07, 6.45) is -0.0224. The number of halogens is 2. The molecule has 2 heterocycles. The second-order valence-corrected chi connectivity index (χ2v) is 5.19. The summed E-state index contributed by atoms with van der Waals surface area (Å²) in [7, 11) is 4.89. The fourth-order valence-corrected chi connectivity index (χ4v) is 2.29. The van der Waals surface area contributed by atoms with Crippen molar-refractivity contribution in [3.05, 3.63) is 22.5 Å². The molecular formula is C12H13Cl2N3O3. The quantitative estimate of drug-likeness (QED) is 0.802. The molecule has 108 valence electrons. The van der Waals surface area contributed by atoms with E-state index in [-0.39, 0.29) is 10.7 Å². The van der Waals surface area contributed by atoms with Gasteiger partial charge < -0.3 is 14.5 Å². The molecule has 0 bridgehead atoms. The first kappa shape index (κ1) is 14.9. The van der Waals surface area contributed by atoms with Crippen molar-refractivity contribution in [2.45, 2.75) is 12.5 Å². The van der Waals surface area contributed by atoms with Gasteiger partial charge in [-0.1, -0.05) is 28.4 Å². The number of anilines is 1. The van der Waals surface area contributed by atoms with Crippen molar-refractivity contribution < 1.29 is 14.4 Å². The zero-order valence-corrected chi connectivity index (χ0v) is 12.7. The Morgan fingerprint density at radius 3 is 2.70 bits per heavy atom. The molecule has 2 rings (SSSR count). The third kappa shape index (κ3) is 2.81. The maximum absolute atomic E-state index is 11.8. The first-order chi connectivity index (χ1) is 9.43. The van der Waals surface area contributed by atoms with E-state index in [4.69, 9.17) is 32.8 Å². The van der Waals surface area contributed by atoms with E-state index >= 15 is 0 Å². The number of methoxy groups -OCH3 is 1. The maximum Gasteiger partial charge on any atom is 0.358 e. The number of rotatable bonds is 3. The van der Waals surface area contributed by atoms with Gasteiger partial charge in [0.05, 0.1) is 23.5 Å². The lowest BCUT2D eigenvalue weighted by Gasteiger charge is -2.18. The van der Waals surface area contributed by atoms with E-state index in [0.29, 0.717) is 23.0 Å². The maximum atomic E-state index is 11.8. The molecule has 20 heavy (non-hydrogen) atoms. The second-order valence-electron chi connectivity index (χ2n) is 4.38. The molecule has 0 spiro atoms. The van der Waals surface area contributed by atoms with Gasteiger partial charge in [-0.15, -0.1) is 0 Å². The molecule has 0 N–H and O–H groups in total. The van der Waals surface area contributed by atoms with Crippen LogP contribution in [0.2, 0.25) is 5.02 Å². The van der Waals surface area contributed by atoms with Crippen molar-refractivity contribution in [1.29, 1.82) is 0 Å². The Bertz CT molecular complexity index is 575. The smallest absolute Gasteiger partial charge is 0.358 e. The van der Waals surface area contributed by atoms with Gasteiger partial charge in [0.1, 0.15) is 5.17 Å². The van der Waals surface area contributed by atoms with E-state index < -0.39 is 12.1 Å². The van der Waals surface area contributed by atoms with E-state index in [1.807, 2.05) is 14.1 Å². The molecule has 1 aromatic heterocycles. The fourth-order valence-electron chi connectivity index (χ4n) is 1.76. The summed E-state index contributed by atoms with van der Waals surface area (Å²) in [4.78, 5) is 22.9. The molecule has 8 heteroatoms. The van der Waals surface area contributed by atoms with Gasteiger partial charge >= 0.3 is 5.97 Å². The van der Waals surface area contributed by atoms with Gasteiger partial charge in [0.2, 0.25) is 0 Å². The van der Waals surface area contributed by atoms with Gasteiger partial charge in [-0.25, -0.2) is 9.78 Å². The average Bonchev–Trinajstić information content (AvgIpc) is 2.84. The van der Waals surface area contributed by atoms with Crippen LogP contribution in [0.1, 0.15) is 28.7 Å². The topological polar surface area (TPSA) is 64.0 Å². The molecule has 6 nitrogen and oxygen atoms in total. The molecule has 0 saturated carbocycles. The van der Waals surface area contributed by atoms with E-state index in [1.165, 1.54) is 7.11 Å². The van der Waals surface area contributed by atoms with Crippen LogP contribution in [0.5, 0.6) is 0 Å².